The zero-order valence-corrected chi connectivity index (χ0v) is 12.2. The van der Waals surface area contributed by atoms with Crippen LogP contribution in [0, 0.1) is 6.92 Å². The first kappa shape index (κ1) is 13.8. The standard InChI is InChI=1S/C15H18ClN3/c1-11(2)19(9-13-7-5-4-6-8-13)15-12(3)14(16)17-10-18-15/h4-8,10-11H,9H2,1-3H3. The summed E-state index contributed by atoms with van der Waals surface area (Å²) in [5, 5.41) is 0.517. The second kappa shape index (κ2) is 6.02. The van der Waals surface area contributed by atoms with Crippen molar-refractivity contribution >= 4 is 17.4 Å². The third-order valence-electron chi connectivity index (χ3n) is 3.09. The molecule has 0 fully saturated rings. The monoisotopic (exact) mass is 275 g/mol. The maximum atomic E-state index is 6.09. The van der Waals surface area contributed by atoms with Gasteiger partial charge in [0.05, 0.1) is 0 Å². The van der Waals surface area contributed by atoms with E-state index < -0.39 is 0 Å². The average molecular weight is 276 g/mol. The van der Waals surface area contributed by atoms with E-state index in [2.05, 4.69) is 40.8 Å². The van der Waals surface area contributed by atoms with Crippen LogP contribution < -0.4 is 4.90 Å². The molecule has 1 aromatic carbocycles. The van der Waals surface area contributed by atoms with Crippen molar-refractivity contribution in [2.75, 3.05) is 4.90 Å². The summed E-state index contributed by atoms with van der Waals surface area (Å²) in [5.41, 5.74) is 2.18. The summed E-state index contributed by atoms with van der Waals surface area (Å²) in [4.78, 5) is 10.6. The van der Waals surface area contributed by atoms with E-state index in [-0.39, 0.29) is 0 Å². The van der Waals surface area contributed by atoms with Crippen LogP contribution in [0.5, 0.6) is 0 Å². The quantitative estimate of drug-likeness (QED) is 0.794. The fourth-order valence-corrected chi connectivity index (χ4v) is 2.12. The van der Waals surface area contributed by atoms with Crippen molar-refractivity contribution in [1.82, 2.24) is 9.97 Å². The normalized spacial score (nSPS) is 10.8. The highest BCUT2D eigenvalue weighted by Gasteiger charge is 2.16. The number of rotatable bonds is 4. The van der Waals surface area contributed by atoms with E-state index >= 15 is 0 Å². The van der Waals surface area contributed by atoms with Crippen molar-refractivity contribution in [1.29, 1.82) is 0 Å². The van der Waals surface area contributed by atoms with Gasteiger partial charge in [-0.2, -0.15) is 0 Å². The number of anilines is 1. The molecule has 100 valence electrons. The van der Waals surface area contributed by atoms with Crippen LogP contribution in [0.1, 0.15) is 25.0 Å². The van der Waals surface area contributed by atoms with Gasteiger partial charge < -0.3 is 4.90 Å². The Morgan fingerprint density at radius 1 is 1.16 bits per heavy atom. The molecule has 1 aromatic heterocycles. The van der Waals surface area contributed by atoms with Crippen LogP contribution in [0.25, 0.3) is 0 Å². The predicted molar refractivity (Wildman–Crippen MR) is 79.5 cm³/mol. The Bertz CT molecular complexity index is 540. The van der Waals surface area contributed by atoms with E-state index in [4.69, 9.17) is 11.6 Å². The van der Waals surface area contributed by atoms with Crippen LogP contribution >= 0.6 is 11.6 Å². The fourth-order valence-electron chi connectivity index (χ4n) is 1.99. The van der Waals surface area contributed by atoms with Crippen molar-refractivity contribution < 1.29 is 0 Å². The van der Waals surface area contributed by atoms with Crippen molar-refractivity contribution in [3.63, 3.8) is 0 Å². The highest BCUT2D eigenvalue weighted by Crippen LogP contribution is 2.25. The second-order valence-electron chi connectivity index (χ2n) is 4.82. The Morgan fingerprint density at radius 2 is 1.84 bits per heavy atom. The van der Waals surface area contributed by atoms with E-state index in [9.17, 15) is 0 Å². The lowest BCUT2D eigenvalue weighted by atomic mass is 10.1. The zero-order chi connectivity index (χ0) is 13.8. The largest absolute Gasteiger partial charge is 0.349 e. The number of nitrogens with zero attached hydrogens (tertiary/aromatic N) is 3. The summed E-state index contributed by atoms with van der Waals surface area (Å²) in [7, 11) is 0. The summed E-state index contributed by atoms with van der Waals surface area (Å²) >= 11 is 6.09. The van der Waals surface area contributed by atoms with Gasteiger partial charge in [0.2, 0.25) is 0 Å². The first-order valence-corrected chi connectivity index (χ1v) is 6.75. The maximum absolute atomic E-state index is 6.09. The van der Waals surface area contributed by atoms with Gasteiger partial charge in [-0.15, -0.1) is 0 Å². The third kappa shape index (κ3) is 3.24. The maximum Gasteiger partial charge on any atom is 0.137 e. The predicted octanol–water partition coefficient (Wildman–Crippen LogP) is 3.85. The molecule has 1 heterocycles. The topological polar surface area (TPSA) is 29.0 Å². The van der Waals surface area contributed by atoms with Crippen molar-refractivity contribution in [3.05, 3.63) is 52.9 Å². The lowest BCUT2D eigenvalue weighted by molar-refractivity contribution is 0.668. The van der Waals surface area contributed by atoms with Gasteiger partial charge in [0.25, 0.3) is 0 Å². The molecule has 0 bridgehead atoms. The fraction of sp³-hybridized carbons (Fsp3) is 0.333. The highest BCUT2D eigenvalue weighted by atomic mass is 35.5. The number of hydrogen-bond acceptors (Lipinski definition) is 3. The molecule has 0 aliphatic carbocycles. The van der Waals surface area contributed by atoms with Crippen LogP contribution in [-0.2, 0) is 6.54 Å². The van der Waals surface area contributed by atoms with E-state index in [0.717, 1.165) is 17.9 Å². The Labute approximate surface area is 119 Å². The molecule has 3 nitrogen and oxygen atoms in total. The molecule has 4 heteroatoms. The van der Waals surface area contributed by atoms with Crippen LogP contribution in [-0.4, -0.2) is 16.0 Å². The van der Waals surface area contributed by atoms with Gasteiger partial charge in [-0.1, -0.05) is 41.9 Å². The molecule has 0 radical (unpaired) electrons. The molecule has 2 aromatic rings. The molecule has 0 saturated heterocycles. The van der Waals surface area contributed by atoms with Gasteiger partial charge in [-0.3, -0.25) is 0 Å². The lowest BCUT2D eigenvalue weighted by Crippen LogP contribution is -2.31. The minimum atomic E-state index is 0.338. The van der Waals surface area contributed by atoms with Gasteiger partial charge in [0, 0.05) is 18.2 Å². The molecule has 0 aliphatic heterocycles. The Kier molecular flexibility index (Phi) is 4.38. The van der Waals surface area contributed by atoms with E-state index in [1.807, 2.05) is 25.1 Å². The van der Waals surface area contributed by atoms with Gasteiger partial charge in [0.1, 0.15) is 17.3 Å². The molecule has 0 atom stereocenters. The third-order valence-corrected chi connectivity index (χ3v) is 3.47. The van der Waals surface area contributed by atoms with Crippen LogP contribution in [0.2, 0.25) is 5.15 Å². The number of aromatic nitrogens is 2. The number of hydrogen-bond donors (Lipinski definition) is 0. The molecule has 0 unspecified atom stereocenters. The van der Waals surface area contributed by atoms with E-state index in [1.54, 1.807) is 0 Å². The Balaban J connectivity index is 2.33. The molecular weight excluding hydrogens is 258 g/mol. The van der Waals surface area contributed by atoms with E-state index in [0.29, 0.717) is 11.2 Å². The lowest BCUT2D eigenvalue weighted by Gasteiger charge is -2.29. The van der Waals surface area contributed by atoms with Crippen LogP contribution in [0.15, 0.2) is 36.7 Å². The SMILES string of the molecule is Cc1c(Cl)ncnc1N(Cc1ccccc1)C(C)C. The van der Waals surface area contributed by atoms with Crippen LogP contribution in [0.4, 0.5) is 5.82 Å². The zero-order valence-electron chi connectivity index (χ0n) is 11.5. The summed E-state index contributed by atoms with van der Waals surface area (Å²) in [6.07, 6.45) is 1.52. The Hall–Kier alpha value is -1.61. The number of benzene rings is 1. The number of halogens is 1. The molecule has 0 spiro atoms. The smallest absolute Gasteiger partial charge is 0.137 e. The highest BCUT2D eigenvalue weighted by molar-refractivity contribution is 6.30. The van der Waals surface area contributed by atoms with Crippen molar-refractivity contribution in [2.24, 2.45) is 0 Å². The second-order valence-corrected chi connectivity index (χ2v) is 5.18. The molecular formula is C15H18ClN3. The van der Waals surface area contributed by atoms with Gasteiger partial charge in [-0.05, 0) is 26.3 Å². The summed E-state index contributed by atoms with van der Waals surface area (Å²) in [6.45, 7) is 7.07. The first-order valence-electron chi connectivity index (χ1n) is 6.37. The first-order chi connectivity index (χ1) is 9.09. The minimum absolute atomic E-state index is 0.338. The molecule has 2 rings (SSSR count). The summed E-state index contributed by atoms with van der Waals surface area (Å²) in [6, 6.07) is 10.7. The summed E-state index contributed by atoms with van der Waals surface area (Å²) < 4.78 is 0. The van der Waals surface area contributed by atoms with Gasteiger partial charge >= 0.3 is 0 Å². The van der Waals surface area contributed by atoms with Gasteiger partial charge in [-0.25, -0.2) is 9.97 Å². The molecule has 0 saturated carbocycles. The van der Waals surface area contributed by atoms with Crippen molar-refractivity contribution in [3.8, 4) is 0 Å². The van der Waals surface area contributed by atoms with Crippen LogP contribution in [0.3, 0.4) is 0 Å². The Morgan fingerprint density at radius 3 is 2.47 bits per heavy atom. The summed E-state index contributed by atoms with van der Waals surface area (Å²) in [5.74, 6) is 0.902. The minimum Gasteiger partial charge on any atom is -0.349 e. The van der Waals surface area contributed by atoms with Gasteiger partial charge in [0.15, 0.2) is 0 Å². The molecule has 19 heavy (non-hydrogen) atoms. The average Bonchev–Trinajstić information content (AvgIpc) is 2.40. The molecule has 0 amide bonds. The van der Waals surface area contributed by atoms with Crippen molar-refractivity contribution in [2.45, 2.75) is 33.4 Å². The molecule has 0 N–H and O–H groups in total. The molecule has 0 aliphatic rings. The van der Waals surface area contributed by atoms with E-state index in [1.165, 1.54) is 11.9 Å².